The van der Waals surface area contributed by atoms with Crippen LogP contribution in [-0.2, 0) is 13.1 Å². The molecule has 5 nitrogen and oxygen atoms in total. The summed E-state index contributed by atoms with van der Waals surface area (Å²) in [4.78, 5) is 2.15. The summed E-state index contributed by atoms with van der Waals surface area (Å²) < 4.78 is 3.94. The fraction of sp³-hybridized carbons (Fsp3) is 0.308. The maximum atomic E-state index is 8.88. The Labute approximate surface area is 116 Å². The molecule has 2 aromatic rings. The minimum absolute atomic E-state index is 0.692. The quantitative estimate of drug-likeness (QED) is 0.903. The molecule has 0 amide bonds. The summed E-state index contributed by atoms with van der Waals surface area (Å²) in [6.45, 7) is 1.50. The van der Waals surface area contributed by atoms with Crippen molar-refractivity contribution < 1.29 is 0 Å². The van der Waals surface area contributed by atoms with E-state index in [1.165, 1.54) is 11.5 Å². The first-order valence-corrected chi connectivity index (χ1v) is 6.67. The van der Waals surface area contributed by atoms with E-state index in [0.29, 0.717) is 5.56 Å². The van der Waals surface area contributed by atoms with Crippen LogP contribution in [0.2, 0.25) is 0 Å². The monoisotopic (exact) mass is 273 g/mol. The molecule has 0 aliphatic carbocycles. The van der Waals surface area contributed by atoms with Crippen molar-refractivity contribution in [1.82, 2.24) is 14.5 Å². The van der Waals surface area contributed by atoms with Crippen LogP contribution in [0.5, 0.6) is 0 Å². The highest BCUT2D eigenvalue weighted by molar-refractivity contribution is 7.10. The number of nitrogens with zero attached hydrogens (tertiary/aromatic N) is 4. The predicted octanol–water partition coefficient (Wildman–Crippen LogP) is 2.08. The SMILES string of the molecule is CNc1snnc1CN(C)Cc1cccc(C#N)c1. The molecule has 0 atom stereocenters. The third-order valence-electron chi connectivity index (χ3n) is 2.71. The van der Waals surface area contributed by atoms with Crippen molar-refractivity contribution in [2.45, 2.75) is 13.1 Å². The second kappa shape index (κ2) is 6.27. The van der Waals surface area contributed by atoms with Crippen molar-refractivity contribution in [2.75, 3.05) is 19.4 Å². The molecule has 0 radical (unpaired) electrons. The lowest BCUT2D eigenvalue weighted by Crippen LogP contribution is -2.18. The van der Waals surface area contributed by atoms with Crippen LogP contribution in [0.3, 0.4) is 0 Å². The van der Waals surface area contributed by atoms with Gasteiger partial charge in [-0.3, -0.25) is 4.90 Å². The van der Waals surface area contributed by atoms with Crippen LogP contribution in [0.25, 0.3) is 0 Å². The Hall–Kier alpha value is -1.97. The molecule has 0 aliphatic rings. The molecule has 6 heteroatoms. The number of benzene rings is 1. The summed E-state index contributed by atoms with van der Waals surface area (Å²) >= 11 is 1.36. The van der Waals surface area contributed by atoms with Crippen LogP contribution >= 0.6 is 11.5 Å². The topological polar surface area (TPSA) is 64.8 Å². The molecule has 0 saturated heterocycles. The highest BCUT2D eigenvalue weighted by Crippen LogP contribution is 2.18. The molecule has 0 aliphatic heterocycles. The van der Waals surface area contributed by atoms with E-state index in [9.17, 15) is 0 Å². The first kappa shape index (κ1) is 13.5. The lowest BCUT2D eigenvalue weighted by molar-refractivity contribution is 0.315. The van der Waals surface area contributed by atoms with Gasteiger partial charge in [0.25, 0.3) is 0 Å². The van der Waals surface area contributed by atoms with Crippen molar-refractivity contribution in [3.63, 3.8) is 0 Å². The van der Waals surface area contributed by atoms with Gasteiger partial charge < -0.3 is 5.32 Å². The molecule has 1 N–H and O–H groups in total. The molecule has 0 spiro atoms. The van der Waals surface area contributed by atoms with Gasteiger partial charge in [-0.2, -0.15) is 5.26 Å². The second-order valence-corrected chi connectivity index (χ2v) is 5.04. The predicted molar refractivity (Wildman–Crippen MR) is 75.8 cm³/mol. The first-order chi connectivity index (χ1) is 9.22. The van der Waals surface area contributed by atoms with Gasteiger partial charge in [0.05, 0.1) is 11.6 Å². The average molecular weight is 273 g/mol. The van der Waals surface area contributed by atoms with Gasteiger partial charge in [-0.15, -0.1) is 5.10 Å². The Morgan fingerprint density at radius 3 is 3.00 bits per heavy atom. The van der Waals surface area contributed by atoms with Crippen molar-refractivity contribution in [3.05, 3.63) is 41.1 Å². The smallest absolute Gasteiger partial charge is 0.134 e. The fourth-order valence-corrected chi connectivity index (χ4v) is 2.39. The number of aromatic nitrogens is 2. The Morgan fingerprint density at radius 2 is 2.26 bits per heavy atom. The first-order valence-electron chi connectivity index (χ1n) is 5.89. The number of hydrogen-bond donors (Lipinski definition) is 1. The van der Waals surface area contributed by atoms with Crippen molar-refractivity contribution in [2.24, 2.45) is 0 Å². The van der Waals surface area contributed by atoms with Gasteiger partial charge in [0.1, 0.15) is 10.7 Å². The summed E-state index contributed by atoms with van der Waals surface area (Å²) in [6, 6.07) is 9.81. The normalized spacial score (nSPS) is 10.4. The van der Waals surface area contributed by atoms with Crippen LogP contribution < -0.4 is 5.32 Å². The second-order valence-electron chi connectivity index (χ2n) is 4.28. The molecule has 0 fully saturated rings. The highest BCUT2D eigenvalue weighted by atomic mass is 32.1. The van der Waals surface area contributed by atoms with E-state index in [0.717, 1.165) is 29.3 Å². The van der Waals surface area contributed by atoms with E-state index in [2.05, 4.69) is 25.9 Å². The third kappa shape index (κ3) is 3.50. The van der Waals surface area contributed by atoms with Crippen molar-refractivity contribution >= 4 is 16.5 Å². The molecular weight excluding hydrogens is 258 g/mol. The lowest BCUT2D eigenvalue weighted by atomic mass is 10.1. The average Bonchev–Trinajstić information content (AvgIpc) is 2.86. The number of nitriles is 1. The van der Waals surface area contributed by atoms with Crippen LogP contribution in [0.15, 0.2) is 24.3 Å². The van der Waals surface area contributed by atoms with Gasteiger partial charge in [-0.05, 0) is 24.7 Å². The minimum Gasteiger partial charge on any atom is -0.377 e. The molecule has 0 unspecified atom stereocenters. The molecule has 1 aromatic carbocycles. The molecule has 98 valence electrons. The highest BCUT2D eigenvalue weighted by Gasteiger charge is 2.09. The Bertz CT molecular complexity index is 587. The molecule has 1 aromatic heterocycles. The largest absolute Gasteiger partial charge is 0.377 e. The van der Waals surface area contributed by atoms with E-state index < -0.39 is 0 Å². The minimum atomic E-state index is 0.692. The maximum Gasteiger partial charge on any atom is 0.134 e. The Balaban J connectivity index is 2.01. The van der Waals surface area contributed by atoms with Gasteiger partial charge in [-0.25, -0.2) is 0 Å². The molecule has 19 heavy (non-hydrogen) atoms. The summed E-state index contributed by atoms with van der Waals surface area (Å²) in [7, 11) is 3.90. The summed E-state index contributed by atoms with van der Waals surface area (Å²) in [5.41, 5.74) is 2.76. The fourth-order valence-electron chi connectivity index (χ4n) is 1.86. The maximum absolute atomic E-state index is 8.88. The Morgan fingerprint density at radius 1 is 1.42 bits per heavy atom. The molecule has 0 bridgehead atoms. The third-order valence-corrected chi connectivity index (χ3v) is 3.50. The van der Waals surface area contributed by atoms with E-state index in [1.54, 1.807) is 0 Å². The Kier molecular flexibility index (Phi) is 4.44. The zero-order valence-electron chi connectivity index (χ0n) is 10.9. The van der Waals surface area contributed by atoms with Gasteiger partial charge in [-0.1, -0.05) is 16.6 Å². The van der Waals surface area contributed by atoms with Crippen molar-refractivity contribution in [1.29, 1.82) is 5.26 Å². The molecule has 2 rings (SSSR count). The number of hydrogen-bond acceptors (Lipinski definition) is 6. The summed E-state index contributed by atoms with van der Waals surface area (Å²) in [6.07, 6.45) is 0. The number of rotatable bonds is 5. The van der Waals surface area contributed by atoms with Gasteiger partial charge in [0.15, 0.2) is 0 Å². The van der Waals surface area contributed by atoms with Gasteiger partial charge >= 0.3 is 0 Å². The van der Waals surface area contributed by atoms with E-state index in [-0.39, 0.29) is 0 Å². The number of anilines is 1. The van der Waals surface area contributed by atoms with Gasteiger partial charge in [0.2, 0.25) is 0 Å². The zero-order valence-corrected chi connectivity index (χ0v) is 11.7. The lowest BCUT2D eigenvalue weighted by Gasteiger charge is -2.15. The number of nitrogens with one attached hydrogen (secondary N) is 1. The van der Waals surface area contributed by atoms with Crippen molar-refractivity contribution in [3.8, 4) is 6.07 Å². The molecule has 0 saturated carbocycles. The van der Waals surface area contributed by atoms with E-state index in [4.69, 9.17) is 5.26 Å². The van der Waals surface area contributed by atoms with Crippen LogP contribution in [-0.4, -0.2) is 28.6 Å². The van der Waals surface area contributed by atoms with Crippen LogP contribution in [0.4, 0.5) is 5.00 Å². The van der Waals surface area contributed by atoms with Gasteiger partial charge in [0, 0.05) is 31.7 Å². The standard InChI is InChI=1S/C13H15N5S/c1-15-13-12(16-17-19-13)9-18(2)8-11-5-3-4-10(6-11)7-14/h3-6,15H,8-9H2,1-2H3. The molecule has 1 heterocycles. The summed E-state index contributed by atoms with van der Waals surface area (Å²) in [5.74, 6) is 0. The van der Waals surface area contributed by atoms with E-state index >= 15 is 0 Å². The molecular formula is C13H15N5S. The summed E-state index contributed by atoms with van der Waals surface area (Å²) in [5, 5.41) is 17.1. The van der Waals surface area contributed by atoms with Crippen LogP contribution in [0.1, 0.15) is 16.8 Å². The zero-order chi connectivity index (χ0) is 13.7. The van der Waals surface area contributed by atoms with Crippen LogP contribution in [0, 0.1) is 11.3 Å². The van der Waals surface area contributed by atoms with E-state index in [1.807, 2.05) is 38.4 Å².